The van der Waals surface area contributed by atoms with E-state index in [1.807, 2.05) is 0 Å². The summed E-state index contributed by atoms with van der Waals surface area (Å²) in [7, 11) is 0. The summed E-state index contributed by atoms with van der Waals surface area (Å²) in [6, 6.07) is 8.67. The van der Waals surface area contributed by atoms with E-state index in [1.165, 1.54) is 10.6 Å². The van der Waals surface area contributed by atoms with E-state index in [1.54, 1.807) is 11.3 Å². The Labute approximate surface area is 126 Å². The molecule has 1 heterocycles. The Bertz CT molecular complexity index is 547. The quantitative estimate of drug-likeness (QED) is 0.839. The number of hydrogen-bond acceptors (Lipinski definition) is 3. The van der Waals surface area contributed by atoms with Gasteiger partial charge in [0, 0.05) is 16.5 Å². The fourth-order valence-corrected chi connectivity index (χ4v) is 2.82. The van der Waals surface area contributed by atoms with Gasteiger partial charge in [-0.2, -0.15) is 0 Å². The molecule has 0 unspecified atom stereocenters. The molecular weight excluding hydrogens is 264 g/mol. The number of thiazole rings is 1. The average Bonchev–Trinajstić information content (AvgIpc) is 2.85. The van der Waals surface area contributed by atoms with Crippen LogP contribution in [0.4, 0.5) is 5.69 Å². The van der Waals surface area contributed by atoms with Gasteiger partial charge in [0.25, 0.3) is 0 Å². The van der Waals surface area contributed by atoms with Crippen LogP contribution in [0.1, 0.15) is 56.8 Å². The molecule has 0 aliphatic rings. The minimum absolute atomic E-state index is 0.141. The molecule has 0 radical (unpaired) electrons. The van der Waals surface area contributed by atoms with E-state index in [-0.39, 0.29) is 5.41 Å². The number of anilines is 1. The van der Waals surface area contributed by atoms with Crippen molar-refractivity contribution in [3.05, 3.63) is 45.9 Å². The molecule has 0 bridgehead atoms. The van der Waals surface area contributed by atoms with Gasteiger partial charge in [-0.05, 0) is 23.6 Å². The summed E-state index contributed by atoms with van der Waals surface area (Å²) in [5, 5.41) is 6.78. The van der Waals surface area contributed by atoms with Gasteiger partial charge in [-0.1, -0.05) is 46.8 Å². The van der Waals surface area contributed by atoms with Crippen LogP contribution < -0.4 is 5.32 Å². The standard InChI is InChI=1S/C17H24N2S/c1-12(2)13-6-8-14(9-7-13)18-10-15-11-20-16(19-15)17(3,4)5/h6-9,11-12,18H,10H2,1-5H3. The minimum Gasteiger partial charge on any atom is -0.379 e. The molecule has 2 nitrogen and oxygen atoms in total. The van der Waals surface area contributed by atoms with Gasteiger partial charge >= 0.3 is 0 Å². The van der Waals surface area contributed by atoms with Crippen molar-refractivity contribution in [3.8, 4) is 0 Å². The van der Waals surface area contributed by atoms with E-state index in [0.717, 1.165) is 17.9 Å². The van der Waals surface area contributed by atoms with Crippen LogP contribution in [-0.2, 0) is 12.0 Å². The third-order valence-corrected chi connectivity index (χ3v) is 4.56. The van der Waals surface area contributed by atoms with Crippen LogP contribution in [0, 0.1) is 0 Å². The molecule has 108 valence electrons. The Morgan fingerprint density at radius 3 is 2.30 bits per heavy atom. The van der Waals surface area contributed by atoms with Crippen LogP contribution in [0.3, 0.4) is 0 Å². The number of rotatable bonds is 4. The summed E-state index contributed by atoms with van der Waals surface area (Å²) in [5.74, 6) is 0.580. The van der Waals surface area contributed by atoms with E-state index in [2.05, 4.69) is 69.6 Å². The number of aromatic nitrogens is 1. The molecule has 0 atom stereocenters. The van der Waals surface area contributed by atoms with Gasteiger partial charge in [0.15, 0.2) is 0 Å². The summed E-state index contributed by atoms with van der Waals surface area (Å²) >= 11 is 1.75. The number of benzene rings is 1. The summed E-state index contributed by atoms with van der Waals surface area (Å²) < 4.78 is 0. The first-order chi connectivity index (χ1) is 9.36. The van der Waals surface area contributed by atoms with Gasteiger partial charge in [0.2, 0.25) is 0 Å². The smallest absolute Gasteiger partial charge is 0.0982 e. The van der Waals surface area contributed by atoms with Gasteiger partial charge in [0.05, 0.1) is 17.2 Å². The second kappa shape index (κ2) is 5.96. The molecule has 0 saturated heterocycles. The molecule has 0 saturated carbocycles. The van der Waals surface area contributed by atoms with Crippen molar-refractivity contribution in [2.45, 2.75) is 52.5 Å². The highest BCUT2D eigenvalue weighted by Gasteiger charge is 2.17. The fraction of sp³-hybridized carbons (Fsp3) is 0.471. The Kier molecular flexibility index (Phi) is 4.48. The van der Waals surface area contributed by atoms with E-state index >= 15 is 0 Å². The second-order valence-electron chi connectivity index (χ2n) is 6.52. The summed E-state index contributed by atoms with van der Waals surface area (Å²) in [5.41, 5.74) is 3.79. The largest absolute Gasteiger partial charge is 0.379 e. The van der Waals surface area contributed by atoms with Crippen molar-refractivity contribution in [1.29, 1.82) is 0 Å². The molecule has 1 N–H and O–H groups in total. The van der Waals surface area contributed by atoms with Gasteiger partial charge in [-0.3, -0.25) is 0 Å². The lowest BCUT2D eigenvalue weighted by Gasteiger charge is -2.13. The topological polar surface area (TPSA) is 24.9 Å². The minimum atomic E-state index is 0.141. The first-order valence-electron chi connectivity index (χ1n) is 7.15. The van der Waals surface area contributed by atoms with Gasteiger partial charge in [-0.15, -0.1) is 11.3 Å². The first-order valence-corrected chi connectivity index (χ1v) is 8.03. The van der Waals surface area contributed by atoms with Crippen LogP contribution in [0.25, 0.3) is 0 Å². The summed E-state index contributed by atoms with van der Waals surface area (Å²) in [6.45, 7) is 11.8. The zero-order valence-corrected chi connectivity index (χ0v) is 13.8. The predicted molar refractivity (Wildman–Crippen MR) is 88.7 cm³/mol. The molecule has 0 spiro atoms. The van der Waals surface area contributed by atoms with Crippen LogP contribution in [0.5, 0.6) is 0 Å². The zero-order chi connectivity index (χ0) is 14.8. The van der Waals surface area contributed by atoms with E-state index in [4.69, 9.17) is 4.98 Å². The lowest BCUT2D eigenvalue weighted by molar-refractivity contribution is 0.583. The molecule has 1 aromatic heterocycles. The second-order valence-corrected chi connectivity index (χ2v) is 7.38. The molecule has 2 aromatic rings. The molecule has 2 rings (SSSR count). The highest BCUT2D eigenvalue weighted by atomic mass is 32.1. The molecule has 3 heteroatoms. The molecule has 1 aromatic carbocycles. The molecule has 0 fully saturated rings. The summed E-state index contributed by atoms with van der Waals surface area (Å²) in [6.07, 6.45) is 0. The third kappa shape index (κ3) is 3.83. The van der Waals surface area contributed by atoms with Crippen molar-refractivity contribution in [2.24, 2.45) is 0 Å². The SMILES string of the molecule is CC(C)c1ccc(NCc2csc(C(C)(C)C)n2)cc1. The number of hydrogen-bond donors (Lipinski definition) is 1. The first kappa shape index (κ1) is 15.0. The Hall–Kier alpha value is -1.35. The van der Waals surface area contributed by atoms with Crippen LogP contribution in [0.15, 0.2) is 29.6 Å². The maximum atomic E-state index is 4.70. The van der Waals surface area contributed by atoms with E-state index in [0.29, 0.717) is 5.92 Å². The number of nitrogens with zero attached hydrogens (tertiary/aromatic N) is 1. The highest BCUT2D eigenvalue weighted by Crippen LogP contribution is 2.26. The van der Waals surface area contributed by atoms with Crippen molar-refractivity contribution in [3.63, 3.8) is 0 Å². The molecular formula is C17H24N2S. The summed E-state index contributed by atoms with van der Waals surface area (Å²) in [4.78, 5) is 4.70. The molecule has 0 amide bonds. The lowest BCUT2D eigenvalue weighted by Crippen LogP contribution is -2.11. The van der Waals surface area contributed by atoms with E-state index in [9.17, 15) is 0 Å². The predicted octanol–water partition coefficient (Wildman–Crippen LogP) is 5.18. The van der Waals surface area contributed by atoms with Crippen molar-refractivity contribution >= 4 is 17.0 Å². The maximum Gasteiger partial charge on any atom is 0.0982 e. The van der Waals surface area contributed by atoms with Crippen LogP contribution >= 0.6 is 11.3 Å². The van der Waals surface area contributed by atoms with Gasteiger partial charge in [-0.25, -0.2) is 4.98 Å². The highest BCUT2D eigenvalue weighted by molar-refractivity contribution is 7.09. The lowest BCUT2D eigenvalue weighted by atomic mass is 9.98. The Morgan fingerprint density at radius 1 is 1.15 bits per heavy atom. The van der Waals surface area contributed by atoms with Gasteiger partial charge < -0.3 is 5.32 Å². The molecule has 20 heavy (non-hydrogen) atoms. The molecule has 0 aliphatic carbocycles. The van der Waals surface area contributed by atoms with E-state index < -0.39 is 0 Å². The fourth-order valence-electron chi connectivity index (χ4n) is 1.91. The van der Waals surface area contributed by atoms with Crippen molar-refractivity contribution in [1.82, 2.24) is 4.98 Å². The Balaban J connectivity index is 1.96. The van der Waals surface area contributed by atoms with Crippen LogP contribution in [-0.4, -0.2) is 4.98 Å². The molecule has 0 aliphatic heterocycles. The van der Waals surface area contributed by atoms with Gasteiger partial charge in [0.1, 0.15) is 0 Å². The maximum absolute atomic E-state index is 4.70. The normalized spacial score (nSPS) is 11.9. The average molecular weight is 288 g/mol. The third-order valence-electron chi connectivity index (χ3n) is 3.24. The van der Waals surface area contributed by atoms with Crippen LogP contribution in [0.2, 0.25) is 0 Å². The Morgan fingerprint density at radius 2 is 1.80 bits per heavy atom. The van der Waals surface area contributed by atoms with Crippen molar-refractivity contribution in [2.75, 3.05) is 5.32 Å². The zero-order valence-electron chi connectivity index (χ0n) is 13.0. The van der Waals surface area contributed by atoms with Crippen molar-refractivity contribution < 1.29 is 0 Å². The monoisotopic (exact) mass is 288 g/mol. The number of nitrogens with one attached hydrogen (secondary N) is 1.